The van der Waals surface area contributed by atoms with Gasteiger partial charge in [-0.2, -0.15) is 0 Å². The molecule has 1 aromatic carbocycles. The van der Waals surface area contributed by atoms with E-state index in [2.05, 4.69) is 0 Å². The van der Waals surface area contributed by atoms with Crippen LogP contribution in [0.3, 0.4) is 0 Å². The van der Waals surface area contributed by atoms with E-state index in [1.165, 1.54) is 18.7 Å². The van der Waals surface area contributed by atoms with Crippen LogP contribution in [0.15, 0.2) is 24.3 Å². The van der Waals surface area contributed by atoms with E-state index in [0.29, 0.717) is 23.9 Å². The Kier molecular flexibility index (Phi) is 6.03. The van der Waals surface area contributed by atoms with Crippen LogP contribution in [0.4, 0.5) is 0 Å². The SMILES string of the molecule is CN(CCOc1cccc(Cl)c1)C(=O)CC(C)(C)C(=O)O. The van der Waals surface area contributed by atoms with Crippen molar-refractivity contribution in [2.24, 2.45) is 5.41 Å². The molecule has 0 aliphatic rings. The quantitative estimate of drug-likeness (QED) is 0.840. The zero-order chi connectivity index (χ0) is 16.0. The van der Waals surface area contributed by atoms with E-state index in [1.54, 1.807) is 31.3 Å². The van der Waals surface area contributed by atoms with Crippen LogP contribution in [0.2, 0.25) is 5.02 Å². The number of halogens is 1. The van der Waals surface area contributed by atoms with Crippen LogP contribution in [0.1, 0.15) is 20.3 Å². The minimum absolute atomic E-state index is 0.0456. The summed E-state index contributed by atoms with van der Waals surface area (Å²) in [7, 11) is 1.63. The molecule has 0 aromatic heterocycles. The van der Waals surface area contributed by atoms with Gasteiger partial charge in [-0.3, -0.25) is 9.59 Å². The number of carbonyl (C=O) groups excluding carboxylic acids is 1. The Morgan fingerprint density at radius 3 is 2.62 bits per heavy atom. The van der Waals surface area contributed by atoms with E-state index in [0.717, 1.165) is 0 Å². The number of carbonyl (C=O) groups is 2. The first kappa shape index (κ1) is 17.3. The Morgan fingerprint density at radius 2 is 2.05 bits per heavy atom. The van der Waals surface area contributed by atoms with Gasteiger partial charge in [0, 0.05) is 18.5 Å². The summed E-state index contributed by atoms with van der Waals surface area (Å²) in [5.41, 5.74) is -1.07. The van der Waals surface area contributed by atoms with Gasteiger partial charge < -0.3 is 14.7 Å². The third-order valence-corrected chi connectivity index (χ3v) is 3.32. The highest BCUT2D eigenvalue weighted by Gasteiger charge is 2.31. The second-order valence-electron chi connectivity index (χ2n) is 5.49. The molecule has 0 saturated heterocycles. The van der Waals surface area contributed by atoms with Crippen LogP contribution >= 0.6 is 11.6 Å². The Balaban J connectivity index is 2.41. The lowest BCUT2D eigenvalue weighted by atomic mass is 9.89. The second-order valence-corrected chi connectivity index (χ2v) is 5.92. The minimum atomic E-state index is -1.07. The number of hydrogen-bond acceptors (Lipinski definition) is 3. The number of amides is 1. The number of carboxylic acids is 1. The molecule has 0 fully saturated rings. The molecule has 1 rings (SSSR count). The maximum Gasteiger partial charge on any atom is 0.309 e. The van der Waals surface area contributed by atoms with Gasteiger partial charge >= 0.3 is 5.97 Å². The lowest BCUT2D eigenvalue weighted by Gasteiger charge is -2.23. The standard InChI is InChI=1S/C15H20ClNO4/c1-15(2,14(19)20)10-13(18)17(3)7-8-21-12-6-4-5-11(16)9-12/h4-6,9H,7-8,10H2,1-3H3,(H,19,20). The van der Waals surface area contributed by atoms with E-state index < -0.39 is 11.4 Å². The number of carboxylic acid groups (broad SMARTS) is 1. The van der Waals surface area contributed by atoms with Gasteiger partial charge in [-0.15, -0.1) is 0 Å². The van der Waals surface area contributed by atoms with Gasteiger partial charge in [0.15, 0.2) is 0 Å². The zero-order valence-corrected chi connectivity index (χ0v) is 13.2. The molecule has 0 atom stereocenters. The fraction of sp³-hybridized carbons (Fsp3) is 0.467. The molecule has 0 aliphatic heterocycles. The number of nitrogens with zero attached hydrogens (tertiary/aromatic N) is 1. The normalized spacial score (nSPS) is 11.0. The molecule has 1 amide bonds. The number of likely N-dealkylation sites (N-methyl/N-ethyl adjacent to an activating group) is 1. The second kappa shape index (κ2) is 7.31. The van der Waals surface area contributed by atoms with Gasteiger partial charge in [0.05, 0.1) is 12.0 Å². The molecular formula is C15H20ClNO4. The molecule has 116 valence electrons. The molecule has 1 aromatic rings. The van der Waals surface area contributed by atoms with Crippen molar-refractivity contribution in [1.29, 1.82) is 0 Å². The average molecular weight is 314 g/mol. The van der Waals surface area contributed by atoms with Crippen LogP contribution in [-0.2, 0) is 9.59 Å². The van der Waals surface area contributed by atoms with Crippen LogP contribution in [0.25, 0.3) is 0 Å². The molecule has 0 aliphatic carbocycles. The number of aliphatic carboxylic acids is 1. The van der Waals surface area contributed by atoms with Crippen molar-refractivity contribution in [2.45, 2.75) is 20.3 Å². The number of benzene rings is 1. The molecule has 0 radical (unpaired) electrons. The summed E-state index contributed by atoms with van der Waals surface area (Å²) in [5.74, 6) is -0.578. The third-order valence-electron chi connectivity index (χ3n) is 3.09. The van der Waals surface area contributed by atoms with E-state index in [1.807, 2.05) is 0 Å². The van der Waals surface area contributed by atoms with Crippen molar-refractivity contribution < 1.29 is 19.4 Å². The first-order valence-electron chi connectivity index (χ1n) is 6.58. The zero-order valence-electron chi connectivity index (χ0n) is 12.4. The van der Waals surface area contributed by atoms with Crippen molar-refractivity contribution in [3.8, 4) is 5.75 Å². The van der Waals surface area contributed by atoms with Crippen molar-refractivity contribution in [3.05, 3.63) is 29.3 Å². The van der Waals surface area contributed by atoms with Gasteiger partial charge in [0.1, 0.15) is 12.4 Å². The van der Waals surface area contributed by atoms with Crippen LogP contribution in [0.5, 0.6) is 5.75 Å². The van der Waals surface area contributed by atoms with Crippen LogP contribution < -0.4 is 4.74 Å². The average Bonchev–Trinajstić information content (AvgIpc) is 2.37. The van der Waals surface area contributed by atoms with E-state index >= 15 is 0 Å². The van der Waals surface area contributed by atoms with Crippen molar-refractivity contribution in [3.63, 3.8) is 0 Å². The molecule has 0 spiro atoms. The summed E-state index contributed by atoms with van der Waals surface area (Å²) < 4.78 is 5.49. The Labute approximate surface area is 129 Å². The third kappa shape index (κ3) is 5.63. The first-order chi connectivity index (χ1) is 9.72. The molecule has 0 bridgehead atoms. The molecular weight excluding hydrogens is 294 g/mol. The summed E-state index contributed by atoms with van der Waals surface area (Å²) >= 11 is 5.84. The summed E-state index contributed by atoms with van der Waals surface area (Å²) in [4.78, 5) is 24.4. The molecule has 6 heteroatoms. The van der Waals surface area contributed by atoms with Gasteiger partial charge in [-0.25, -0.2) is 0 Å². The number of hydrogen-bond donors (Lipinski definition) is 1. The summed E-state index contributed by atoms with van der Waals surface area (Å²) in [6.45, 7) is 3.75. The smallest absolute Gasteiger partial charge is 0.309 e. The Morgan fingerprint density at radius 1 is 1.38 bits per heavy atom. The lowest BCUT2D eigenvalue weighted by molar-refractivity contribution is -0.151. The fourth-order valence-electron chi connectivity index (χ4n) is 1.57. The number of ether oxygens (including phenoxy) is 1. The molecule has 21 heavy (non-hydrogen) atoms. The largest absolute Gasteiger partial charge is 0.492 e. The predicted molar refractivity (Wildman–Crippen MR) is 80.6 cm³/mol. The topological polar surface area (TPSA) is 66.8 Å². The molecule has 0 saturated carbocycles. The van der Waals surface area contributed by atoms with E-state index in [-0.39, 0.29) is 12.3 Å². The van der Waals surface area contributed by atoms with Gasteiger partial charge in [0.25, 0.3) is 0 Å². The maximum atomic E-state index is 11.9. The van der Waals surface area contributed by atoms with Gasteiger partial charge in [-0.1, -0.05) is 17.7 Å². The highest BCUT2D eigenvalue weighted by molar-refractivity contribution is 6.30. The molecule has 5 nitrogen and oxygen atoms in total. The van der Waals surface area contributed by atoms with Crippen LogP contribution in [-0.4, -0.2) is 42.1 Å². The van der Waals surface area contributed by atoms with Gasteiger partial charge in [0.2, 0.25) is 5.91 Å². The van der Waals surface area contributed by atoms with Crippen molar-refractivity contribution >= 4 is 23.5 Å². The summed E-state index contributed by atoms with van der Waals surface area (Å²) in [6, 6.07) is 7.00. The number of rotatable bonds is 7. The van der Waals surface area contributed by atoms with E-state index in [9.17, 15) is 9.59 Å². The van der Waals surface area contributed by atoms with Crippen molar-refractivity contribution in [1.82, 2.24) is 4.90 Å². The monoisotopic (exact) mass is 313 g/mol. The molecule has 0 unspecified atom stereocenters. The van der Waals surface area contributed by atoms with E-state index in [4.69, 9.17) is 21.4 Å². The Bertz CT molecular complexity index is 516. The molecule has 0 heterocycles. The lowest BCUT2D eigenvalue weighted by Crippen LogP contribution is -2.36. The Hall–Kier alpha value is -1.75. The minimum Gasteiger partial charge on any atom is -0.492 e. The van der Waals surface area contributed by atoms with Crippen LogP contribution in [0, 0.1) is 5.41 Å². The fourth-order valence-corrected chi connectivity index (χ4v) is 1.75. The predicted octanol–water partition coefficient (Wildman–Crippen LogP) is 2.68. The van der Waals surface area contributed by atoms with Gasteiger partial charge in [-0.05, 0) is 32.0 Å². The van der Waals surface area contributed by atoms with Crippen molar-refractivity contribution in [2.75, 3.05) is 20.2 Å². The first-order valence-corrected chi connectivity index (χ1v) is 6.96. The highest BCUT2D eigenvalue weighted by atomic mass is 35.5. The maximum absolute atomic E-state index is 11.9. The summed E-state index contributed by atoms with van der Waals surface area (Å²) in [6.07, 6.45) is -0.0456. The summed E-state index contributed by atoms with van der Waals surface area (Å²) in [5, 5.41) is 9.60. The molecule has 1 N–H and O–H groups in total. The highest BCUT2D eigenvalue weighted by Crippen LogP contribution is 2.21.